The van der Waals surface area contributed by atoms with Crippen LogP contribution in [0, 0.1) is 0 Å². The molecule has 0 radical (unpaired) electrons. The molecule has 0 saturated carbocycles. The van der Waals surface area contributed by atoms with Gasteiger partial charge >= 0.3 is 0 Å². The van der Waals surface area contributed by atoms with Crippen molar-refractivity contribution in [2.45, 2.75) is 70.9 Å². The number of unbranched alkanes of at least 4 members (excludes halogenated alkanes) is 3. The molecule has 2 heteroatoms. The summed E-state index contributed by atoms with van der Waals surface area (Å²) >= 11 is 0. The lowest BCUT2D eigenvalue weighted by molar-refractivity contribution is 0.107. The van der Waals surface area contributed by atoms with Crippen molar-refractivity contribution in [3.05, 3.63) is 0 Å². The smallest absolute Gasteiger partial charge is 0.0543 e. The third-order valence-corrected chi connectivity index (χ3v) is 2.77. The van der Waals surface area contributed by atoms with E-state index in [1.165, 1.54) is 32.1 Å². The largest absolute Gasteiger partial charge is 0.382 e. The lowest BCUT2D eigenvalue weighted by Gasteiger charge is -2.14. The van der Waals surface area contributed by atoms with Crippen LogP contribution in [0.3, 0.4) is 0 Å². The average Bonchev–Trinajstić information content (AvgIpc) is 2.21. The van der Waals surface area contributed by atoms with Crippen LogP contribution >= 0.6 is 0 Å². The first-order chi connectivity index (χ1) is 6.70. The average molecular weight is 201 g/mol. The quantitative estimate of drug-likeness (QED) is 0.582. The van der Waals surface area contributed by atoms with Gasteiger partial charge in [-0.1, -0.05) is 32.6 Å². The van der Waals surface area contributed by atoms with Crippen LogP contribution in [0.25, 0.3) is 0 Å². The Morgan fingerprint density at radius 3 is 2.36 bits per heavy atom. The molecule has 2 unspecified atom stereocenters. The van der Waals surface area contributed by atoms with Crippen molar-refractivity contribution in [2.24, 2.45) is 5.73 Å². The SMILES string of the molecule is CCCCCCC(N)CCC(C)OC. The first-order valence-corrected chi connectivity index (χ1v) is 5.99. The van der Waals surface area contributed by atoms with Gasteiger partial charge in [-0.15, -0.1) is 0 Å². The molecule has 0 saturated heterocycles. The summed E-state index contributed by atoms with van der Waals surface area (Å²) in [6.45, 7) is 4.34. The zero-order valence-electron chi connectivity index (χ0n) is 10.1. The van der Waals surface area contributed by atoms with E-state index in [4.69, 9.17) is 10.5 Å². The molecule has 0 aliphatic rings. The Bertz CT molecular complexity index is 117. The normalized spacial score (nSPS) is 15.4. The van der Waals surface area contributed by atoms with Gasteiger partial charge in [0.25, 0.3) is 0 Å². The highest BCUT2D eigenvalue weighted by atomic mass is 16.5. The summed E-state index contributed by atoms with van der Waals surface area (Å²) in [5.74, 6) is 0. The lowest BCUT2D eigenvalue weighted by Crippen LogP contribution is -2.21. The molecule has 0 bridgehead atoms. The van der Waals surface area contributed by atoms with E-state index in [2.05, 4.69) is 13.8 Å². The van der Waals surface area contributed by atoms with Crippen LogP contribution in [0.5, 0.6) is 0 Å². The number of hydrogen-bond acceptors (Lipinski definition) is 2. The van der Waals surface area contributed by atoms with Gasteiger partial charge in [-0.2, -0.15) is 0 Å². The van der Waals surface area contributed by atoms with Crippen LogP contribution < -0.4 is 5.73 Å². The number of nitrogens with two attached hydrogens (primary N) is 1. The number of rotatable bonds is 9. The first-order valence-electron chi connectivity index (χ1n) is 5.99. The zero-order chi connectivity index (χ0) is 10.8. The predicted molar refractivity (Wildman–Crippen MR) is 62.4 cm³/mol. The van der Waals surface area contributed by atoms with Crippen molar-refractivity contribution in [3.63, 3.8) is 0 Å². The van der Waals surface area contributed by atoms with Crippen molar-refractivity contribution in [2.75, 3.05) is 7.11 Å². The van der Waals surface area contributed by atoms with Crippen molar-refractivity contribution in [1.29, 1.82) is 0 Å². The Morgan fingerprint density at radius 1 is 1.07 bits per heavy atom. The highest BCUT2D eigenvalue weighted by molar-refractivity contribution is 4.63. The van der Waals surface area contributed by atoms with Gasteiger partial charge < -0.3 is 10.5 Å². The zero-order valence-corrected chi connectivity index (χ0v) is 10.1. The lowest BCUT2D eigenvalue weighted by atomic mass is 10.0. The van der Waals surface area contributed by atoms with Gasteiger partial charge in [-0.3, -0.25) is 0 Å². The Kier molecular flexibility index (Phi) is 9.42. The van der Waals surface area contributed by atoms with Crippen LogP contribution in [0.4, 0.5) is 0 Å². The molecule has 0 rings (SSSR count). The van der Waals surface area contributed by atoms with Crippen LogP contribution in [0.2, 0.25) is 0 Å². The summed E-state index contributed by atoms with van der Waals surface area (Å²) in [6.07, 6.45) is 9.00. The monoisotopic (exact) mass is 201 g/mol. The van der Waals surface area contributed by atoms with Crippen molar-refractivity contribution in [1.82, 2.24) is 0 Å². The van der Waals surface area contributed by atoms with E-state index < -0.39 is 0 Å². The summed E-state index contributed by atoms with van der Waals surface area (Å²) < 4.78 is 5.19. The first kappa shape index (κ1) is 13.9. The van der Waals surface area contributed by atoms with Gasteiger partial charge in [-0.05, 0) is 26.2 Å². The molecule has 2 nitrogen and oxygen atoms in total. The molecule has 0 amide bonds. The summed E-state index contributed by atoms with van der Waals surface area (Å²) in [5, 5.41) is 0. The molecular formula is C12H27NO. The molecule has 2 N–H and O–H groups in total. The highest BCUT2D eigenvalue weighted by Gasteiger charge is 2.05. The second-order valence-corrected chi connectivity index (χ2v) is 4.23. The second-order valence-electron chi connectivity index (χ2n) is 4.23. The van der Waals surface area contributed by atoms with E-state index in [0.29, 0.717) is 12.1 Å². The Balaban J connectivity index is 3.23. The highest BCUT2D eigenvalue weighted by Crippen LogP contribution is 2.09. The van der Waals surface area contributed by atoms with E-state index in [1.54, 1.807) is 7.11 Å². The van der Waals surface area contributed by atoms with Gasteiger partial charge in [0, 0.05) is 13.2 Å². The van der Waals surface area contributed by atoms with Crippen LogP contribution in [-0.2, 0) is 4.74 Å². The predicted octanol–water partition coefficient (Wildman–Crippen LogP) is 3.10. The molecule has 2 atom stereocenters. The van der Waals surface area contributed by atoms with Crippen molar-refractivity contribution < 1.29 is 4.74 Å². The van der Waals surface area contributed by atoms with E-state index in [-0.39, 0.29) is 0 Å². The number of hydrogen-bond donors (Lipinski definition) is 1. The molecule has 86 valence electrons. The molecule has 0 aromatic heterocycles. The topological polar surface area (TPSA) is 35.2 Å². The second kappa shape index (κ2) is 9.47. The van der Waals surface area contributed by atoms with Gasteiger partial charge in [0.15, 0.2) is 0 Å². The molecule has 14 heavy (non-hydrogen) atoms. The standard InChI is InChI=1S/C12H27NO/c1-4-5-6-7-8-12(13)10-9-11(2)14-3/h11-12H,4-10,13H2,1-3H3. The number of ether oxygens (including phenoxy) is 1. The van der Waals surface area contributed by atoms with E-state index >= 15 is 0 Å². The molecule has 0 fully saturated rings. The Labute approximate surface area is 89.2 Å². The Hall–Kier alpha value is -0.0800. The van der Waals surface area contributed by atoms with Crippen molar-refractivity contribution in [3.8, 4) is 0 Å². The van der Waals surface area contributed by atoms with Crippen LogP contribution in [0.15, 0.2) is 0 Å². The molecule has 0 aliphatic heterocycles. The fourth-order valence-electron chi connectivity index (χ4n) is 1.54. The molecule has 0 aromatic carbocycles. The molecule has 0 heterocycles. The van der Waals surface area contributed by atoms with Crippen LogP contribution in [0.1, 0.15) is 58.8 Å². The van der Waals surface area contributed by atoms with Crippen LogP contribution in [-0.4, -0.2) is 19.3 Å². The minimum Gasteiger partial charge on any atom is -0.382 e. The maximum Gasteiger partial charge on any atom is 0.0543 e. The van der Waals surface area contributed by atoms with E-state index in [9.17, 15) is 0 Å². The third-order valence-electron chi connectivity index (χ3n) is 2.77. The van der Waals surface area contributed by atoms with Gasteiger partial charge in [0.1, 0.15) is 0 Å². The van der Waals surface area contributed by atoms with E-state index in [1.807, 2.05) is 0 Å². The summed E-state index contributed by atoms with van der Waals surface area (Å²) in [4.78, 5) is 0. The van der Waals surface area contributed by atoms with Gasteiger partial charge in [0.05, 0.1) is 6.10 Å². The summed E-state index contributed by atoms with van der Waals surface area (Å²) in [6, 6.07) is 0.379. The molecular weight excluding hydrogens is 174 g/mol. The Morgan fingerprint density at radius 2 is 1.79 bits per heavy atom. The van der Waals surface area contributed by atoms with E-state index in [0.717, 1.165) is 12.8 Å². The molecule has 0 aromatic rings. The minimum atomic E-state index is 0.358. The van der Waals surface area contributed by atoms with Crippen molar-refractivity contribution >= 4 is 0 Å². The fourth-order valence-corrected chi connectivity index (χ4v) is 1.54. The molecule has 0 spiro atoms. The van der Waals surface area contributed by atoms with Gasteiger partial charge in [-0.25, -0.2) is 0 Å². The van der Waals surface area contributed by atoms with Gasteiger partial charge in [0.2, 0.25) is 0 Å². The summed E-state index contributed by atoms with van der Waals surface area (Å²) in [7, 11) is 1.76. The maximum absolute atomic E-state index is 6.00. The maximum atomic E-state index is 6.00. The molecule has 0 aliphatic carbocycles. The minimum absolute atomic E-state index is 0.358. The fraction of sp³-hybridized carbons (Fsp3) is 1.00. The third kappa shape index (κ3) is 8.52. The number of methoxy groups -OCH3 is 1. The summed E-state index contributed by atoms with van der Waals surface area (Å²) in [5.41, 5.74) is 6.00.